The van der Waals surface area contributed by atoms with Gasteiger partial charge >= 0.3 is 0 Å². The topological polar surface area (TPSA) is 34.1 Å². The van der Waals surface area contributed by atoms with E-state index < -0.39 is 8.07 Å². The summed E-state index contributed by atoms with van der Waals surface area (Å²) in [6.07, 6.45) is 2.67. The zero-order valence-corrected chi connectivity index (χ0v) is 11.8. The third-order valence-electron chi connectivity index (χ3n) is 2.45. The van der Waals surface area contributed by atoms with Crippen molar-refractivity contribution in [1.82, 2.24) is 0 Å². The summed E-state index contributed by atoms with van der Waals surface area (Å²) >= 11 is 10.5. The van der Waals surface area contributed by atoms with E-state index in [1.165, 1.54) is 0 Å². The first-order chi connectivity index (χ1) is 6.83. The van der Waals surface area contributed by atoms with Crippen LogP contribution in [0.15, 0.2) is 0 Å². The van der Waals surface area contributed by atoms with Crippen molar-refractivity contribution in [3.05, 3.63) is 0 Å². The Morgan fingerprint density at radius 3 is 1.53 bits per heavy atom. The highest BCUT2D eigenvalue weighted by atomic mass is 35.5. The van der Waals surface area contributed by atoms with Gasteiger partial charge in [0.1, 0.15) is 0 Å². The van der Waals surface area contributed by atoms with Crippen molar-refractivity contribution in [3.63, 3.8) is 0 Å². The lowest BCUT2D eigenvalue weighted by atomic mass is 10.4. The van der Waals surface area contributed by atoms with Gasteiger partial charge in [-0.3, -0.25) is 9.59 Å². The van der Waals surface area contributed by atoms with E-state index >= 15 is 0 Å². The minimum atomic E-state index is -1.26. The van der Waals surface area contributed by atoms with Crippen LogP contribution in [0, 0.1) is 0 Å². The van der Waals surface area contributed by atoms with Gasteiger partial charge in [-0.1, -0.05) is 25.2 Å². The lowest BCUT2D eigenvalue weighted by molar-refractivity contribution is -0.112. The molecule has 5 heteroatoms. The number of carbonyl (C=O) groups excluding carboxylic acids is 2. The molecule has 0 aliphatic carbocycles. The Bertz CT molecular complexity index is 207. The maximum Gasteiger partial charge on any atom is 0.221 e. The standard InChI is InChI=1S/C10H18Cl2O2Si/c1-15(2,7-3-5-9(11)13)8-4-6-10(12)14/h3-8H2,1-2H3. The van der Waals surface area contributed by atoms with Crippen molar-refractivity contribution in [2.45, 2.75) is 50.9 Å². The second-order valence-corrected chi connectivity index (χ2v) is 10.8. The monoisotopic (exact) mass is 268 g/mol. The third-order valence-corrected chi connectivity index (χ3v) is 6.25. The fourth-order valence-electron chi connectivity index (χ4n) is 1.54. The van der Waals surface area contributed by atoms with Crippen LogP contribution in [0.4, 0.5) is 0 Å². The van der Waals surface area contributed by atoms with Crippen LogP contribution < -0.4 is 0 Å². The molecule has 0 fully saturated rings. The normalized spacial score (nSPS) is 11.5. The van der Waals surface area contributed by atoms with Crippen molar-refractivity contribution in [1.29, 1.82) is 0 Å². The Labute approximate surface area is 102 Å². The summed E-state index contributed by atoms with van der Waals surface area (Å²) in [6, 6.07) is 2.17. The van der Waals surface area contributed by atoms with Crippen LogP contribution in [0.5, 0.6) is 0 Å². The largest absolute Gasteiger partial charge is 0.281 e. The lowest BCUT2D eigenvalue weighted by Gasteiger charge is -2.21. The van der Waals surface area contributed by atoms with Crippen LogP contribution in [0.25, 0.3) is 0 Å². The summed E-state index contributed by atoms with van der Waals surface area (Å²) < 4.78 is 0. The van der Waals surface area contributed by atoms with Gasteiger partial charge in [0.25, 0.3) is 0 Å². The smallest absolute Gasteiger partial charge is 0.221 e. The predicted molar refractivity (Wildman–Crippen MR) is 67.3 cm³/mol. The van der Waals surface area contributed by atoms with Crippen LogP contribution >= 0.6 is 23.2 Å². The average molecular weight is 269 g/mol. The van der Waals surface area contributed by atoms with Gasteiger partial charge in [-0.25, -0.2) is 0 Å². The highest BCUT2D eigenvalue weighted by molar-refractivity contribution is 6.77. The van der Waals surface area contributed by atoms with Crippen LogP contribution in [0.1, 0.15) is 25.7 Å². The Morgan fingerprint density at radius 2 is 1.27 bits per heavy atom. The highest BCUT2D eigenvalue weighted by Gasteiger charge is 2.20. The molecule has 0 saturated heterocycles. The van der Waals surface area contributed by atoms with E-state index in [1.54, 1.807) is 0 Å². The Hall–Kier alpha value is 0.137. The molecule has 0 aromatic rings. The number of rotatable bonds is 8. The van der Waals surface area contributed by atoms with Crippen molar-refractivity contribution in [3.8, 4) is 0 Å². The van der Waals surface area contributed by atoms with E-state index in [2.05, 4.69) is 13.1 Å². The van der Waals surface area contributed by atoms with Gasteiger partial charge < -0.3 is 0 Å². The number of hydrogen-bond acceptors (Lipinski definition) is 2. The van der Waals surface area contributed by atoms with Crippen molar-refractivity contribution < 1.29 is 9.59 Å². The summed E-state index contributed by atoms with van der Waals surface area (Å²) in [5.74, 6) is 0. The molecule has 0 bridgehead atoms. The van der Waals surface area contributed by atoms with Crippen molar-refractivity contribution in [2.24, 2.45) is 0 Å². The zero-order chi connectivity index (χ0) is 11.9. The molecule has 0 aromatic carbocycles. The molecular formula is C10H18Cl2O2Si. The number of carbonyl (C=O) groups is 2. The molecule has 88 valence electrons. The van der Waals surface area contributed by atoms with E-state index in [4.69, 9.17) is 23.2 Å². The summed E-state index contributed by atoms with van der Waals surface area (Å²) in [4.78, 5) is 21.1. The quantitative estimate of drug-likeness (QED) is 0.496. The van der Waals surface area contributed by atoms with Gasteiger partial charge in [0.15, 0.2) is 0 Å². The van der Waals surface area contributed by atoms with Gasteiger partial charge in [-0.05, 0) is 36.0 Å². The Balaban J connectivity index is 3.66. The molecule has 0 rings (SSSR count). The zero-order valence-electron chi connectivity index (χ0n) is 9.32. The molecule has 0 radical (unpaired) electrons. The third kappa shape index (κ3) is 10.4. The van der Waals surface area contributed by atoms with E-state index in [1.807, 2.05) is 0 Å². The fraction of sp³-hybridized carbons (Fsp3) is 0.800. The second-order valence-electron chi connectivity index (χ2n) is 4.58. The Kier molecular flexibility index (Phi) is 7.48. The van der Waals surface area contributed by atoms with E-state index in [0.717, 1.165) is 24.9 Å². The van der Waals surface area contributed by atoms with Gasteiger partial charge in [0, 0.05) is 20.9 Å². The summed E-state index contributed by atoms with van der Waals surface area (Å²) in [5, 5.41) is -0.508. The SMILES string of the molecule is C[Si](C)(CCCC(=O)Cl)CCCC(=O)Cl. The molecule has 0 spiro atoms. The van der Waals surface area contributed by atoms with Gasteiger partial charge in [0.2, 0.25) is 10.5 Å². The maximum atomic E-state index is 10.6. The van der Waals surface area contributed by atoms with E-state index in [0.29, 0.717) is 12.8 Å². The molecule has 0 aliphatic heterocycles. The van der Waals surface area contributed by atoms with Crippen LogP contribution in [-0.4, -0.2) is 18.6 Å². The van der Waals surface area contributed by atoms with Gasteiger partial charge in [-0.2, -0.15) is 0 Å². The van der Waals surface area contributed by atoms with E-state index in [-0.39, 0.29) is 10.5 Å². The number of hydrogen-bond donors (Lipinski definition) is 0. The summed E-state index contributed by atoms with van der Waals surface area (Å²) in [6.45, 7) is 4.54. The number of halogens is 2. The molecule has 15 heavy (non-hydrogen) atoms. The molecular weight excluding hydrogens is 251 g/mol. The molecule has 0 saturated carbocycles. The van der Waals surface area contributed by atoms with Crippen LogP contribution in [0.3, 0.4) is 0 Å². The fourth-order valence-corrected chi connectivity index (χ4v) is 4.32. The minimum Gasteiger partial charge on any atom is -0.281 e. The Morgan fingerprint density at radius 1 is 0.933 bits per heavy atom. The minimum absolute atomic E-state index is 0.254. The molecule has 2 nitrogen and oxygen atoms in total. The van der Waals surface area contributed by atoms with Crippen molar-refractivity contribution >= 4 is 41.8 Å². The van der Waals surface area contributed by atoms with Crippen LogP contribution in [-0.2, 0) is 9.59 Å². The molecule has 0 atom stereocenters. The lowest BCUT2D eigenvalue weighted by Crippen LogP contribution is -2.24. The first-order valence-electron chi connectivity index (χ1n) is 5.20. The first-order valence-corrected chi connectivity index (χ1v) is 9.37. The first kappa shape index (κ1) is 15.1. The van der Waals surface area contributed by atoms with Gasteiger partial charge in [-0.15, -0.1) is 0 Å². The molecule has 0 N–H and O–H groups in total. The second kappa shape index (κ2) is 7.42. The molecule has 0 aliphatic rings. The highest BCUT2D eigenvalue weighted by Crippen LogP contribution is 2.21. The van der Waals surface area contributed by atoms with E-state index in [9.17, 15) is 9.59 Å². The maximum absolute atomic E-state index is 10.6. The molecule has 0 heterocycles. The van der Waals surface area contributed by atoms with Crippen LogP contribution in [0.2, 0.25) is 25.2 Å². The molecule has 0 amide bonds. The molecule has 0 unspecified atom stereocenters. The summed E-state index contributed by atoms with van der Waals surface area (Å²) in [7, 11) is -1.26. The average Bonchev–Trinajstić information content (AvgIpc) is 2.01. The predicted octanol–water partition coefficient (Wildman–Crippen LogP) is 3.79. The van der Waals surface area contributed by atoms with Gasteiger partial charge in [0.05, 0.1) is 0 Å². The molecule has 0 aromatic heterocycles. The summed E-state index contributed by atoms with van der Waals surface area (Å²) in [5.41, 5.74) is 0. The van der Waals surface area contributed by atoms with Crippen molar-refractivity contribution in [2.75, 3.05) is 0 Å².